The van der Waals surface area contributed by atoms with Crippen molar-refractivity contribution < 1.29 is 9.53 Å². The van der Waals surface area contributed by atoms with E-state index in [0.29, 0.717) is 26.3 Å². The lowest BCUT2D eigenvalue weighted by Crippen LogP contribution is -2.03. The highest BCUT2D eigenvalue weighted by atomic mass is 35.5. The molecule has 1 aromatic carbocycles. The molecule has 6 nitrogen and oxygen atoms in total. The van der Waals surface area contributed by atoms with Crippen LogP contribution in [-0.4, -0.2) is 28.3 Å². The van der Waals surface area contributed by atoms with Gasteiger partial charge in [0.15, 0.2) is 5.16 Å². The number of nitrogens with zero attached hydrogens (tertiary/aromatic N) is 2. The first-order valence-corrected chi connectivity index (χ1v) is 6.02. The fourth-order valence-corrected chi connectivity index (χ4v) is 2.37. The summed E-state index contributed by atoms with van der Waals surface area (Å²) < 4.78 is 4.60. The summed E-state index contributed by atoms with van der Waals surface area (Å²) in [7, 11) is 1.30. The second kappa shape index (κ2) is 5.28. The molecule has 8 heteroatoms. The van der Waals surface area contributed by atoms with Crippen molar-refractivity contribution in [2.45, 2.75) is 10.1 Å². The summed E-state index contributed by atoms with van der Waals surface area (Å²) in [5.74, 6) is -0.486. The first-order valence-electron chi connectivity index (χ1n) is 4.82. The van der Waals surface area contributed by atoms with Crippen LogP contribution in [0.2, 0.25) is 5.02 Å². The third-order valence-electron chi connectivity index (χ3n) is 2.09. The smallest absolute Gasteiger partial charge is 0.337 e. The van der Waals surface area contributed by atoms with Gasteiger partial charge in [-0.1, -0.05) is 11.6 Å². The van der Waals surface area contributed by atoms with Gasteiger partial charge in [-0.15, -0.1) is 0 Å². The van der Waals surface area contributed by atoms with E-state index in [1.165, 1.54) is 37.3 Å². The van der Waals surface area contributed by atoms with Crippen LogP contribution < -0.4 is 5.73 Å². The van der Waals surface area contributed by atoms with Crippen molar-refractivity contribution in [1.82, 2.24) is 15.2 Å². The number of halogens is 1. The highest BCUT2D eigenvalue weighted by Gasteiger charge is 2.14. The highest BCUT2D eigenvalue weighted by Crippen LogP contribution is 2.36. The Morgan fingerprint density at radius 2 is 2.33 bits per heavy atom. The number of aromatic nitrogens is 3. The van der Waals surface area contributed by atoms with Crippen molar-refractivity contribution in [2.24, 2.45) is 0 Å². The number of benzene rings is 1. The molecule has 3 N–H and O–H groups in total. The van der Waals surface area contributed by atoms with E-state index in [2.05, 4.69) is 19.9 Å². The Kier molecular flexibility index (Phi) is 3.73. The van der Waals surface area contributed by atoms with Crippen molar-refractivity contribution in [3.63, 3.8) is 0 Å². The quantitative estimate of drug-likeness (QED) is 0.661. The minimum absolute atomic E-state index is 0.307. The predicted octanol–water partition coefficient (Wildman–Crippen LogP) is 1.98. The third kappa shape index (κ3) is 2.57. The van der Waals surface area contributed by atoms with Crippen molar-refractivity contribution in [2.75, 3.05) is 12.8 Å². The van der Waals surface area contributed by atoms with E-state index in [4.69, 9.17) is 17.3 Å². The van der Waals surface area contributed by atoms with Gasteiger partial charge in [0, 0.05) is 5.69 Å². The molecule has 0 aliphatic carbocycles. The van der Waals surface area contributed by atoms with Gasteiger partial charge in [-0.2, -0.15) is 5.10 Å². The number of nitrogens with two attached hydrogens (primary N) is 1. The van der Waals surface area contributed by atoms with Crippen LogP contribution in [0.15, 0.2) is 28.5 Å². The Balaban J connectivity index is 2.35. The first-order chi connectivity index (χ1) is 8.61. The summed E-state index contributed by atoms with van der Waals surface area (Å²) in [5.41, 5.74) is 6.54. The molecule has 0 spiro atoms. The van der Waals surface area contributed by atoms with Crippen molar-refractivity contribution in [1.29, 1.82) is 0 Å². The summed E-state index contributed by atoms with van der Waals surface area (Å²) in [5, 5.41) is 7.33. The summed E-state index contributed by atoms with van der Waals surface area (Å²) in [6.45, 7) is 0. The number of methoxy groups -OCH3 is 1. The lowest BCUT2D eigenvalue weighted by Gasteiger charge is -2.08. The molecule has 0 radical (unpaired) electrons. The minimum atomic E-state index is -0.486. The zero-order valence-corrected chi connectivity index (χ0v) is 10.9. The lowest BCUT2D eigenvalue weighted by atomic mass is 10.2. The number of aromatic amines is 1. The van der Waals surface area contributed by atoms with Gasteiger partial charge < -0.3 is 10.5 Å². The molecule has 0 bridgehead atoms. The number of ether oxygens (including phenoxy) is 1. The van der Waals surface area contributed by atoms with E-state index >= 15 is 0 Å². The van der Waals surface area contributed by atoms with Gasteiger partial charge in [0.25, 0.3) is 0 Å². The normalized spacial score (nSPS) is 10.3. The molecule has 2 aromatic rings. The van der Waals surface area contributed by atoms with E-state index in [9.17, 15) is 4.79 Å². The van der Waals surface area contributed by atoms with E-state index in [-0.39, 0.29) is 0 Å². The number of hydrogen-bond donors (Lipinski definition) is 2. The summed E-state index contributed by atoms with van der Waals surface area (Å²) in [6.07, 6.45) is 1.38. The molecule has 1 aromatic heterocycles. The second-order valence-electron chi connectivity index (χ2n) is 3.26. The van der Waals surface area contributed by atoms with E-state index in [1.54, 1.807) is 0 Å². The maximum absolute atomic E-state index is 11.4. The molecule has 0 saturated carbocycles. The molecule has 0 aliphatic rings. The van der Waals surface area contributed by atoms with Crippen LogP contribution in [0.25, 0.3) is 0 Å². The van der Waals surface area contributed by atoms with E-state index < -0.39 is 5.97 Å². The minimum Gasteiger partial charge on any atom is -0.465 e. The number of anilines is 1. The van der Waals surface area contributed by atoms with E-state index in [1.807, 2.05) is 0 Å². The van der Waals surface area contributed by atoms with Crippen LogP contribution in [0.1, 0.15) is 10.4 Å². The summed E-state index contributed by atoms with van der Waals surface area (Å²) in [4.78, 5) is 15.9. The zero-order valence-electron chi connectivity index (χ0n) is 9.31. The molecular formula is C10H9ClN4O2S. The monoisotopic (exact) mass is 284 g/mol. The Morgan fingerprint density at radius 1 is 1.56 bits per heavy atom. The summed E-state index contributed by atoms with van der Waals surface area (Å²) in [6, 6.07) is 3.01. The SMILES string of the molecule is COC(=O)c1cc(N)c(Sc2ncn[nH]2)c(Cl)c1. The summed E-state index contributed by atoms with van der Waals surface area (Å²) >= 11 is 7.32. The Morgan fingerprint density at radius 3 is 2.89 bits per heavy atom. The molecular weight excluding hydrogens is 276 g/mol. The standard InChI is InChI=1S/C10H9ClN4O2S/c1-17-9(16)5-2-6(11)8(7(12)3-5)18-10-13-4-14-15-10/h2-4H,12H2,1H3,(H,13,14,15). The van der Waals surface area contributed by atoms with Crippen LogP contribution >= 0.6 is 23.4 Å². The number of nitrogen functional groups attached to an aromatic ring is 1. The molecule has 0 unspecified atom stereocenters. The fourth-order valence-electron chi connectivity index (χ4n) is 1.30. The molecule has 0 saturated heterocycles. The van der Waals surface area contributed by atoms with Crippen LogP contribution in [0, 0.1) is 0 Å². The highest BCUT2D eigenvalue weighted by molar-refractivity contribution is 7.99. The third-order valence-corrected chi connectivity index (χ3v) is 3.55. The molecule has 0 amide bonds. The fraction of sp³-hybridized carbons (Fsp3) is 0.100. The predicted molar refractivity (Wildman–Crippen MR) is 67.7 cm³/mol. The van der Waals surface area contributed by atoms with Crippen molar-refractivity contribution in [3.05, 3.63) is 29.0 Å². The molecule has 18 heavy (non-hydrogen) atoms. The first kappa shape index (κ1) is 12.7. The zero-order chi connectivity index (χ0) is 13.1. The number of hydrogen-bond acceptors (Lipinski definition) is 6. The van der Waals surface area contributed by atoms with Crippen LogP contribution in [0.3, 0.4) is 0 Å². The van der Waals surface area contributed by atoms with Gasteiger partial charge in [0.1, 0.15) is 6.33 Å². The molecule has 1 heterocycles. The maximum Gasteiger partial charge on any atom is 0.337 e. The number of carbonyl (C=O) groups is 1. The van der Waals surface area contributed by atoms with Crippen LogP contribution in [0.4, 0.5) is 5.69 Å². The lowest BCUT2D eigenvalue weighted by molar-refractivity contribution is 0.0600. The number of nitrogens with one attached hydrogen (secondary N) is 1. The molecule has 0 aliphatic heterocycles. The van der Waals surface area contributed by atoms with Crippen molar-refractivity contribution >= 4 is 35.0 Å². The van der Waals surface area contributed by atoms with E-state index in [0.717, 1.165) is 0 Å². The van der Waals surface area contributed by atoms with Crippen LogP contribution in [-0.2, 0) is 4.74 Å². The Hall–Kier alpha value is -1.73. The Bertz CT molecular complexity index is 550. The topological polar surface area (TPSA) is 93.9 Å². The van der Waals surface area contributed by atoms with Gasteiger partial charge in [0.2, 0.25) is 0 Å². The maximum atomic E-state index is 11.4. The second-order valence-corrected chi connectivity index (χ2v) is 4.67. The largest absolute Gasteiger partial charge is 0.465 e. The van der Waals surface area contributed by atoms with Gasteiger partial charge in [-0.3, -0.25) is 5.10 Å². The molecule has 2 rings (SSSR count). The number of rotatable bonds is 3. The molecule has 0 atom stereocenters. The number of esters is 1. The molecule has 94 valence electrons. The Labute approximate surface area is 112 Å². The molecule has 0 fully saturated rings. The van der Waals surface area contributed by atoms with Gasteiger partial charge in [-0.05, 0) is 23.9 Å². The average molecular weight is 285 g/mol. The van der Waals surface area contributed by atoms with Gasteiger partial charge in [-0.25, -0.2) is 9.78 Å². The average Bonchev–Trinajstić information content (AvgIpc) is 2.85. The number of carbonyl (C=O) groups excluding carboxylic acids is 1. The van der Waals surface area contributed by atoms with Crippen molar-refractivity contribution in [3.8, 4) is 0 Å². The van der Waals surface area contributed by atoms with Gasteiger partial charge >= 0.3 is 5.97 Å². The van der Waals surface area contributed by atoms with Crippen LogP contribution in [0.5, 0.6) is 0 Å². The van der Waals surface area contributed by atoms with Gasteiger partial charge in [0.05, 0.1) is 22.6 Å². The number of H-pyrrole nitrogens is 1.